The molecule has 0 aromatic heterocycles. The van der Waals surface area contributed by atoms with Crippen molar-refractivity contribution in [2.45, 2.75) is 135 Å². The van der Waals surface area contributed by atoms with Gasteiger partial charge in [-0.3, -0.25) is 0 Å². The van der Waals surface area contributed by atoms with Crippen LogP contribution in [0.15, 0.2) is 48.6 Å². The normalized spacial score (nSPS) is 31.8. The Morgan fingerprint density at radius 2 is 1.03 bits per heavy atom. The Kier molecular flexibility index (Phi) is 11.7. The van der Waals surface area contributed by atoms with Crippen molar-refractivity contribution in [1.82, 2.24) is 0 Å². The van der Waals surface area contributed by atoms with E-state index in [-0.39, 0.29) is 0 Å². The lowest BCUT2D eigenvalue weighted by Gasteiger charge is -2.29. The molecule has 0 N–H and O–H groups in total. The molecule has 0 saturated heterocycles. The van der Waals surface area contributed by atoms with E-state index in [9.17, 15) is 0 Å². The Labute approximate surface area is 224 Å². The SMILES string of the molecule is CCCCCc1ccc(C2CCC(/C=C/C3CCC(/C=C/C4CCC(CCC)CC4)CC3)CC2)cc1. The Bertz CT molecular complexity index is 759. The number of benzene rings is 1. The van der Waals surface area contributed by atoms with E-state index in [0.717, 1.165) is 35.5 Å². The van der Waals surface area contributed by atoms with Gasteiger partial charge in [-0.15, -0.1) is 0 Å². The zero-order valence-electron chi connectivity index (χ0n) is 23.8. The molecule has 0 unspecified atom stereocenters. The van der Waals surface area contributed by atoms with Gasteiger partial charge >= 0.3 is 0 Å². The molecule has 1 aromatic rings. The molecule has 0 nitrogen and oxygen atoms in total. The number of hydrogen-bond donors (Lipinski definition) is 0. The van der Waals surface area contributed by atoms with E-state index >= 15 is 0 Å². The van der Waals surface area contributed by atoms with E-state index in [2.05, 4.69) is 62.4 Å². The van der Waals surface area contributed by atoms with Crippen LogP contribution in [0.2, 0.25) is 0 Å². The van der Waals surface area contributed by atoms with Crippen LogP contribution in [0.5, 0.6) is 0 Å². The minimum Gasteiger partial charge on any atom is -0.0851 e. The van der Waals surface area contributed by atoms with Crippen LogP contribution in [0.1, 0.15) is 140 Å². The molecule has 3 fully saturated rings. The summed E-state index contributed by atoms with van der Waals surface area (Å²) in [6.07, 6.45) is 35.7. The molecular formula is C36H56. The standard InChI is InChI=1S/C36H56/c1-3-5-6-8-30-21-25-35(26-22-30)36-27-23-34(24-28-36)20-19-33-17-15-32(16-18-33)14-13-31-11-9-29(7-4-2)10-12-31/h13-14,19-22,25-26,29,31-34,36H,3-12,15-18,23-24,27-28H2,1-2H3/b14-13+,20-19+. The summed E-state index contributed by atoms with van der Waals surface area (Å²) < 4.78 is 0. The van der Waals surface area contributed by atoms with Gasteiger partial charge < -0.3 is 0 Å². The van der Waals surface area contributed by atoms with Crippen molar-refractivity contribution in [2.75, 3.05) is 0 Å². The highest BCUT2D eigenvalue weighted by Crippen LogP contribution is 2.38. The number of allylic oxidation sites excluding steroid dienone is 4. The largest absolute Gasteiger partial charge is 0.0851 e. The maximum Gasteiger partial charge on any atom is -0.0162 e. The van der Waals surface area contributed by atoms with Crippen molar-refractivity contribution >= 4 is 0 Å². The van der Waals surface area contributed by atoms with Crippen molar-refractivity contribution in [3.8, 4) is 0 Å². The van der Waals surface area contributed by atoms with E-state index in [0.29, 0.717) is 0 Å². The van der Waals surface area contributed by atoms with Crippen LogP contribution in [0.25, 0.3) is 0 Å². The summed E-state index contributed by atoms with van der Waals surface area (Å²) in [5.41, 5.74) is 3.13. The maximum absolute atomic E-state index is 2.63. The highest BCUT2D eigenvalue weighted by molar-refractivity contribution is 5.26. The minimum absolute atomic E-state index is 0.795. The fraction of sp³-hybridized carbons (Fsp3) is 0.722. The van der Waals surface area contributed by atoms with Crippen molar-refractivity contribution < 1.29 is 0 Å². The van der Waals surface area contributed by atoms with Gasteiger partial charge in [0.1, 0.15) is 0 Å². The van der Waals surface area contributed by atoms with Gasteiger partial charge in [-0.05, 0) is 137 Å². The Morgan fingerprint density at radius 3 is 1.50 bits per heavy atom. The van der Waals surface area contributed by atoms with Gasteiger partial charge in [-0.1, -0.05) is 88.1 Å². The van der Waals surface area contributed by atoms with Gasteiger partial charge in [0, 0.05) is 0 Å². The predicted octanol–water partition coefficient (Wildman–Crippen LogP) is 11.2. The molecule has 1 aromatic carbocycles. The first-order valence-electron chi connectivity index (χ1n) is 16.2. The summed E-state index contributed by atoms with van der Waals surface area (Å²) >= 11 is 0. The van der Waals surface area contributed by atoms with Crippen LogP contribution in [0.4, 0.5) is 0 Å². The predicted molar refractivity (Wildman–Crippen MR) is 158 cm³/mol. The zero-order valence-corrected chi connectivity index (χ0v) is 23.8. The number of aryl methyl sites for hydroxylation is 1. The van der Waals surface area contributed by atoms with E-state index in [4.69, 9.17) is 0 Å². The topological polar surface area (TPSA) is 0 Å². The molecule has 0 aliphatic heterocycles. The second-order valence-corrected chi connectivity index (χ2v) is 12.8. The fourth-order valence-electron chi connectivity index (χ4n) is 7.42. The number of rotatable bonds is 11. The van der Waals surface area contributed by atoms with Gasteiger partial charge in [0.2, 0.25) is 0 Å². The molecule has 0 atom stereocenters. The monoisotopic (exact) mass is 488 g/mol. The minimum atomic E-state index is 0.795. The molecule has 0 spiro atoms. The first-order valence-corrected chi connectivity index (χ1v) is 16.2. The summed E-state index contributed by atoms with van der Waals surface area (Å²) in [6.45, 7) is 4.63. The van der Waals surface area contributed by atoms with Gasteiger partial charge in [0.05, 0.1) is 0 Å². The Balaban J connectivity index is 1.11. The van der Waals surface area contributed by atoms with E-state index in [1.54, 1.807) is 5.56 Å². The van der Waals surface area contributed by atoms with E-state index in [1.165, 1.54) is 121 Å². The molecule has 3 aliphatic rings. The Hall–Kier alpha value is -1.30. The van der Waals surface area contributed by atoms with Gasteiger partial charge in [0.15, 0.2) is 0 Å². The van der Waals surface area contributed by atoms with Gasteiger partial charge in [-0.25, -0.2) is 0 Å². The highest BCUT2D eigenvalue weighted by atomic mass is 14.3. The quantitative estimate of drug-likeness (QED) is 0.214. The molecular weight excluding hydrogens is 432 g/mol. The molecule has 200 valence electrons. The summed E-state index contributed by atoms with van der Waals surface area (Å²) in [5, 5.41) is 0. The summed E-state index contributed by atoms with van der Waals surface area (Å²) in [6, 6.07) is 9.68. The Morgan fingerprint density at radius 1 is 0.556 bits per heavy atom. The average Bonchev–Trinajstić information content (AvgIpc) is 2.93. The first-order chi connectivity index (χ1) is 17.7. The lowest BCUT2D eigenvalue weighted by Crippen LogP contribution is -2.15. The van der Waals surface area contributed by atoms with Crippen molar-refractivity contribution in [2.24, 2.45) is 29.6 Å². The third-order valence-corrected chi connectivity index (χ3v) is 10.0. The molecule has 3 saturated carbocycles. The van der Waals surface area contributed by atoms with Crippen LogP contribution in [-0.4, -0.2) is 0 Å². The van der Waals surface area contributed by atoms with Gasteiger partial charge in [0.25, 0.3) is 0 Å². The zero-order chi connectivity index (χ0) is 25.0. The molecule has 0 heterocycles. The number of hydrogen-bond acceptors (Lipinski definition) is 0. The van der Waals surface area contributed by atoms with E-state index in [1.807, 2.05) is 0 Å². The second kappa shape index (κ2) is 15.2. The van der Waals surface area contributed by atoms with Crippen LogP contribution in [0.3, 0.4) is 0 Å². The molecule has 0 amide bonds. The fourth-order valence-corrected chi connectivity index (χ4v) is 7.42. The summed E-state index contributed by atoms with van der Waals surface area (Å²) in [5.74, 6) is 5.24. The summed E-state index contributed by atoms with van der Waals surface area (Å²) in [7, 11) is 0. The molecule has 0 radical (unpaired) electrons. The first kappa shape index (κ1) is 27.7. The smallest absolute Gasteiger partial charge is 0.0162 e. The third kappa shape index (κ3) is 8.92. The van der Waals surface area contributed by atoms with Crippen LogP contribution < -0.4 is 0 Å². The molecule has 3 aliphatic carbocycles. The third-order valence-electron chi connectivity index (χ3n) is 10.0. The van der Waals surface area contributed by atoms with Crippen molar-refractivity contribution in [1.29, 1.82) is 0 Å². The van der Waals surface area contributed by atoms with Gasteiger partial charge in [-0.2, -0.15) is 0 Å². The molecule has 0 bridgehead atoms. The maximum atomic E-state index is 2.63. The van der Waals surface area contributed by atoms with Crippen LogP contribution >= 0.6 is 0 Å². The molecule has 0 heteroatoms. The lowest BCUT2D eigenvalue weighted by atomic mass is 9.76. The van der Waals surface area contributed by atoms with Crippen LogP contribution in [0, 0.1) is 29.6 Å². The average molecular weight is 489 g/mol. The highest BCUT2D eigenvalue weighted by Gasteiger charge is 2.23. The summed E-state index contributed by atoms with van der Waals surface area (Å²) in [4.78, 5) is 0. The second-order valence-electron chi connectivity index (χ2n) is 12.8. The molecule has 4 rings (SSSR count). The number of unbranched alkanes of at least 4 members (excludes halogenated alkanes) is 2. The lowest BCUT2D eigenvalue weighted by molar-refractivity contribution is 0.292. The van der Waals surface area contributed by atoms with Crippen LogP contribution in [-0.2, 0) is 6.42 Å². The van der Waals surface area contributed by atoms with Crippen molar-refractivity contribution in [3.63, 3.8) is 0 Å². The van der Waals surface area contributed by atoms with Crippen molar-refractivity contribution in [3.05, 3.63) is 59.7 Å². The van der Waals surface area contributed by atoms with E-state index < -0.39 is 0 Å². The molecule has 36 heavy (non-hydrogen) atoms.